The second-order valence-corrected chi connectivity index (χ2v) is 10.5. The number of rotatable bonds is 15. The number of carbonyl (C=O) groups excluding carboxylic acids is 1. The first-order valence-corrected chi connectivity index (χ1v) is 14.2. The van der Waals surface area contributed by atoms with Crippen molar-refractivity contribution in [2.24, 2.45) is 0 Å². The first kappa shape index (κ1) is 31.7. The van der Waals surface area contributed by atoms with Gasteiger partial charge in [0.25, 0.3) is 0 Å². The van der Waals surface area contributed by atoms with Gasteiger partial charge in [0.05, 0.1) is 19.8 Å². The standard InChI is InChI=1S/C29H31BrCl2N2O6/c1-2-39-27(28(35)36)17-20-3-9-26(10-4-20)40-14-12-34(29(37)33-25-7-5-22(30)6-8-25)11-13-38-19-21-15-23(31)18-24(32)16-21/h3-10,15-16,18,27H,2,11-14,17,19H2,1H3,(H,33,37)(H,35,36). The number of anilines is 1. The summed E-state index contributed by atoms with van der Waals surface area (Å²) in [5.41, 5.74) is 2.32. The van der Waals surface area contributed by atoms with Crippen molar-refractivity contribution in [2.45, 2.75) is 26.1 Å². The number of urea groups is 1. The lowest BCUT2D eigenvalue weighted by Crippen LogP contribution is -2.40. The van der Waals surface area contributed by atoms with Crippen LogP contribution in [0, 0.1) is 0 Å². The molecule has 0 aliphatic carbocycles. The lowest BCUT2D eigenvalue weighted by atomic mass is 10.1. The molecule has 0 heterocycles. The molecule has 0 spiro atoms. The molecule has 0 saturated heterocycles. The largest absolute Gasteiger partial charge is 0.492 e. The summed E-state index contributed by atoms with van der Waals surface area (Å²) < 4.78 is 17.8. The van der Waals surface area contributed by atoms with Crippen LogP contribution in [0.25, 0.3) is 0 Å². The Morgan fingerprint density at radius 2 is 1.60 bits per heavy atom. The van der Waals surface area contributed by atoms with E-state index >= 15 is 0 Å². The van der Waals surface area contributed by atoms with Gasteiger partial charge in [-0.25, -0.2) is 9.59 Å². The van der Waals surface area contributed by atoms with Gasteiger partial charge in [-0.1, -0.05) is 51.3 Å². The van der Waals surface area contributed by atoms with Gasteiger partial charge in [-0.05, 0) is 72.6 Å². The molecule has 0 aliphatic heterocycles. The molecule has 0 fully saturated rings. The van der Waals surface area contributed by atoms with Crippen molar-refractivity contribution in [3.05, 3.63) is 92.4 Å². The Balaban J connectivity index is 1.55. The highest BCUT2D eigenvalue weighted by Crippen LogP contribution is 2.20. The average Bonchev–Trinajstić information content (AvgIpc) is 2.91. The summed E-state index contributed by atoms with van der Waals surface area (Å²) in [7, 11) is 0. The highest BCUT2D eigenvalue weighted by atomic mass is 79.9. The first-order chi connectivity index (χ1) is 19.2. The zero-order chi connectivity index (χ0) is 28.9. The third kappa shape index (κ3) is 11.0. The van der Waals surface area contributed by atoms with E-state index in [-0.39, 0.29) is 25.7 Å². The summed E-state index contributed by atoms with van der Waals surface area (Å²) in [5, 5.41) is 13.2. The van der Waals surface area contributed by atoms with E-state index in [9.17, 15) is 14.7 Å². The van der Waals surface area contributed by atoms with E-state index in [1.165, 1.54) is 0 Å². The zero-order valence-corrected chi connectivity index (χ0v) is 25.0. The minimum Gasteiger partial charge on any atom is -0.492 e. The molecule has 0 bridgehead atoms. The lowest BCUT2D eigenvalue weighted by molar-refractivity contribution is -0.149. The van der Waals surface area contributed by atoms with E-state index in [0.29, 0.717) is 47.8 Å². The van der Waals surface area contributed by atoms with Crippen molar-refractivity contribution in [1.82, 2.24) is 4.90 Å². The van der Waals surface area contributed by atoms with Crippen LogP contribution in [0.3, 0.4) is 0 Å². The van der Waals surface area contributed by atoms with Crippen molar-refractivity contribution in [3.63, 3.8) is 0 Å². The van der Waals surface area contributed by atoms with Gasteiger partial charge in [0.2, 0.25) is 0 Å². The molecule has 2 amide bonds. The van der Waals surface area contributed by atoms with Crippen LogP contribution in [0.2, 0.25) is 10.0 Å². The van der Waals surface area contributed by atoms with Crippen molar-refractivity contribution < 1.29 is 28.9 Å². The molecule has 1 unspecified atom stereocenters. The maximum Gasteiger partial charge on any atom is 0.333 e. The summed E-state index contributed by atoms with van der Waals surface area (Å²) >= 11 is 15.5. The number of nitrogens with one attached hydrogen (secondary N) is 1. The number of amides is 2. The quantitative estimate of drug-likeness (QED) is 0.173. The number of aliphatic carboxylic acids is 1. The topological polar surface area (TPSA) is 97.3 Å². The lowest BCUT2D eigenvalue weighted by Gasteiger charge is -2.23. The van der Waals surface area contributed by atoms with Crippen LogP contribution < -0.4 is 10.1 Å². The van der Waals surface area contributed by atoms with E-state index in [1.807, 2.05) is 12.1 Å². The minimum absolute atomic E-state index is 0.244. The van der Waals surface area contributed by atoms with Gasteiger partial charge < -0.3 is 29.5 Å². The third-order valence-electron chi connectivity index (χ3n) is 5.70. The molecule has 2 N–H and O–H groups in total. The number of carboxylic acids is 1. The number of halogens is 3. The Hall–Kier alpha value is -2.82. The SMILES string of the molecule is CCOC(Cc1ccc(OCCN(CCOCc2cc(Cl)cc(Cl)c2)C(=O)Nc2ccc(Br)cc2)cc1)C(=O)O. The smallest absolute Gasteiger partial charge is 0.333 e. The molecule has 0 radical (unpaired) electrons. The monoisotopic (exact) mass is 652 g/mol. The number of carbonyl (C=O) groups is 2. The second-order valence-electron chi connectivity index (χ2n) is 8.73. The number of carboxylic acid groups (broad SMARTS) is 1. The predicted octanol–water partition coefficient (Wildman–Crippen LogP) is 6.92. The van der Waals surface area contributed by atoms with Gasteiger partial charge in [0.1, 0.15) is 12.4 Å². The maximum atomic E-state index is 13.0. The van der Waals surface area contributed by atoms with E-state index in [1.54, 1.807) is 66.4 Å². The normalized spacial score (nSPS) is 11.6. The fourth-order valence-corrected chi connectivity index (χ4v) is 4.57. The van der Waals surface area contributed by atoms with Gasteiger partial charge in [0, 0.05) is 39.8 Å². The average molecular weight is 654 g/mol. The molecule has 3 rings (SSSR count). The molecule has 1 atom stereocenters. The Bertz CT molecular complexity index is 1220. The fourth-order valence-electron chi connectivity index (χ4n) is 3.74. The highest BCUT2D eigenvalue weighted by Gasteiger charge is 2.18. The summed E-state index contributed by atoms with van der Waals surface area (Å²) in [6, 6.07) is 19.4. The van der Waals surface area contributed by atoms with E-state index in [0.717, 1.165) is 15.6 Å². The molecule has 214 valence electrons. The Morgan fingerprint density at radius 1 is 0.950 bits per heavy atom. The molecular weight excluding hydrogens is 623 g/mol. The molecule has 0 aliphatic rings. The van der Waals surface area contributed by atoms with Crippen LogP contribution in [0.5, 0.6) is 5.75 Å². The van der Waals surface area contributed by atoms with Gasteiger partial charge in [0.15, 0.2) is 6.10 Å². The number of hydrogen-bond acceptors (Lipinski definition) is 5. The van der Waals surface area contributed by atoms with Crippen LogP contribution in [0.4, 0.5) is 10.5 Å². The summed E-state index contributed by atoms with van der Waals surface area (Å²) in [4.78, 5) is 26.0. The van der Waals surface area contributed by atoms with E-state index < -0.39 is 12.1 Å². The molecule has 0 saturated carbocycles. The van der Waals surface area contributed by atoms with Crippen LogP contribution in [0.1, 0.15) is 18.1 Å². The summed E-state index contributed by atoms with van der Waals surface area (Å²) in [6.45, 7) is 3.55. The second kappa shape index (κ2) is 16.4. The number of hydrogen-bond donors (Lipinski definition) is 2. The first-order valence-electron chi connectivity index (χ1n) is 12.6. The molecular formula is C29H31BrCl2N2O6. The molecule has 11 heteroatoms. The van der Waals surface area contributed by atoms with Crippen molar-refractivity contribution in [3.8, 4) is 5.75 Å². The van der Waals surface area contributed by atoms with Crippen LogP contribution in [-0.4, -0.2) is 61.0 Å². The van der Waals surface area contributed by atoms with Crippen molar-refractivity contribution in [1.29, 1.82) is 0 Å². The zero-order valence-electron chi connectivity index (χ0n) is 21.9. The number of ether oxygens (including phenoxy) is 3. The minimum atomic E-state index is -0.996. The Morgan fingerprint density at radius 3 is 2.23 bits per heavy atom. The van der Waals surface area contributed by atoms with Crippen LogP contribution in [0.15, 0.2) is 71.2 Å². The van der Waals surface area contributed by atoms with Crippen molar-refractivity contribution in [2.75, 3.05) is 38.2 Å². The van der Waals surface area contributed by atoms with Crippen molar-refractivity contribution >= 4 is 56.8 Å². The Labute approximate surface area is 252 Å². The van der Waals surface area contributed by atoms with Crippen LogP contribution in [-0.2, 0) is 27.3 Å². The van der Waals surface area contributed by atoms with E-state index in [4.69, 9.17) is 37.4 Å². The maximum absolute atomic E-state index is 13.0. The number of nitrogens with zero attached hydrogens (tertiary/aromatic N) is 1. The highest BCUT2D eigenvalue weighted by molar-refractivity contribution is 9.10. The van der Waals surface area contributed by atoms with Gasteiger partial charge in [-0.2, -0.15) is 0 Å². The molecule has 0 aromatic heterocycles. The van der Waals surface area contributed by atoms with E-state index in [2.05, 4.69) is 21.2 Å². The predicted molar refractivity (Wildman–Crippen MR) is 160 cm³/mol. The van der Waals surface area contributed by atoms with Gasteiger partial charge in [-0.3, -0.25) is 0 Å². The molecule has 3 aromatic carbocycles. The van der Waals surface area contributed by atoms with Crippen LogP contribution >= 0.6 is 39.1 Å². The molecule has 8 nitrogen and oxygen atoms in total. The molecule has 40 heavy (non-hydrogen) atoms. The Kier molecular flexibility index (Phi) is 13.0. The molecule has 3 aromatic rings. The summed E-state index contributed by atoms with van der Waals surface area (Å²) in [6.07, 6.45) is -0.637. The van der Waals surface area contributed by atoms with Gasteiger partial charge >= 0.3 is 12.0 Å². The fraction of sp³-hybridized carbons (Fsp3) is 0.310. The van der Waals surface area contributed by atoms with Gasteiger partial charge in [-0.15, -0.1) is 0 Å². The third-order valence-corrected chi connectivity index (χ3v) is 6.66. The number of benzene rings is 3. The summed E-state index contributed by atoms with van der Waals surface area (Å²) in [5.74, 6) is -0.390.